The lowest BCUT2D eigenvalue weighted by atomic mass is 9.52. The van der Waals surface area contributed by atoms with E-state index in [1.165, 1.54) is 0 Å². The second-order valence-corrected chi connectivity index (χ2v) is 11.5. The maximum Gasteiger partial charge on any atom is 0.337 e. The first-order valence-corrected chi connectivity index (χ1v) is 13.6. The van der Waals surface area contributed by atoms with Gasteiger partial charge in [-0.15, -0.1) is 0 Å². The molecule has 202 valence electrons. The summed E-state index contributed by atoms with van der Waals surface area (Å²) in [5.74, 6) is 0.418. The zero-order valence-electron chi connectivity index (χ0n) is 22.7. The van der Waals surface area contributed by atoms with Crippen molar-refractivity contribution in [1.29, 1.82) is 0 Å². The topological polar surface area (TPSA) is 123 Å². The molecule has 1 atom stereocenters. The van der Waals surface area contributed by atoms with Gasteiger partial charge in [0.2, 0.25) is 5.89 Å². The second-order valence-electron chi connectivity index (χ2n) is 11.5. The van der Waals surface area contributed by atoms with Crippen LogP contribution < -0.4 is 10.9 Å². The average Bonchev–Trinajstić information content (AvgIpc) is 3.38. The van der Waals surface area contributed by atoms with Crippen molar-refractivity contribution >= 4 is 17.3 Å². The highest BCUT2D eigenvalue weighted by Gasteiger charge is 2.54. The van der Waals surface area contributed by atoms with Gasteiger partial charge in [0.25, 0.3) is 5.56 Å². The first-order valence-electron chi connectivity index (χ1n) is 13.6. The number of para-hydroxylation sites is 1. The Morgan fingerprint density at radius 1 is 1.05 bits per heavy atom. The molecule has 3 saturated carbocycles. The van der Waals surface area contributed by atoms with E-state index in [0.717, 1.165) is 61.2 Å². The van der Waals surface area contributed by atoms with Crippen molar-refractivity contribution in [2.24, 2.45) is 0 Å². The molecule has 3 aliphatic rings. The normalized spacial score (nSPS) is 23.2. The fourth-order valence-electron chi connectivity index (χ4n) is 6.81. The minimum absolute atomic E-state index is 0.0533. The van der Waals surface area contributed by atoms with Gasteiger partial charge >= 0.3 is 5.97 Å². The van der Waals surface area contributed by atoms with Gasteiger partial charge < -0.3 is 14.9 Å². The van der Waals surface area contributed by atoms with Crippen molar-refractivity contribution < 1.29 is 14.4 Å². The highest BCUT2D eigenvalue weighted by Crippen LogP contribution is 2.58. The lowest BCUT2D eigenvalue weighted by Crippen LogP contribution is -2.48. The summed E-state index contributed by atoms with van der Waals surface area (Å²) in [6.07, 6.45) is 7.38. The summed E-state index contributed by atoms with van der Waals surface area (Å²) in [6.45, 7) is 7.68. The number of benzene rings is 1. The summed E-state index contributed by atoms with van der Waals surface area (Å²) in [4.78, 5) is 35.4. The molecule has 1 aromatic carbocycles. The average molecular weight is 528 g/mol. The van der Waals surface area contributed by atoms with Crippen LogP contribution in [0.2, 0.25) is 0 Å². The Bertz CT molecular complexity index is 1650. The number of aryl methyl sites for hydroxylation is 2. The van der Waals surface area contributed by atoms with Crippen molar-refractivity contribution in [3.8, 4) is 0 Å². The number of rotatable bonds is 6. The Morgan fingerprint density at radius 3 is 2.36 bits per heavy atom. The first kappa shape index (κ1) is 25.3. The number of aromatic nitrogens is 4. The van der Waals surface area contributed by atoms with Crippen LogP contribution in [0.1, 0.15) is 95.9 Å². The summed E-state index contributed by atoms with van der Waals surface area (Å²) in [6, 6.07) is 8.60. The molecule has 3 fully saturated rings. The van der Waals surface area contributed by atoms with Gasteiger partial charge in [-0.25, -0.2) is 9.78 Å². The molecule has 0 amide bonds. The van der Waals surface area contributed by atoms with Crippen LogP contribution in [-0.4, -0.2) is 30.6 Å². The number of carboxylic acid groups (broad SMARTS) is 1. The van der Waals surface area contributed by atoms with Crippen LogP contribution in [-0.2, 0) is 10.8 Å². The molecule has 0 saturated heterocycles. The van der Waals surface area contributed by atoms with E-state index >= 15 is 0 Å². The lowest BCUT2D eigenvalue weighted by molar-refractivity contribution is 0.0698. The number of nitrogens with one attached hydrogen (secondary N) is 1. The zero-order valence-corrected chi connectivity index (χ0v) is 22.7. The van der Waals surface area contributed by atoms with E-state index in [0.29, 0.717) is 22.7 Å². The van der Waals surface area contributed by atoms with E-state index in [2.05, 4.69) is 15.5 Å². The standard InChI is InChI=1S/C30H33N5O4/c1-17-15-22(19(3)31-23-8-6-5-7-21(23)27(37)38)25-33-24(18(2)26(36)35(25)16-17)29-9-12-30(13-10-29,14-11-29)28-32-20(4)34-39-28/h5-8,15-16,19,31H,9-14H2,1-4H3,(H,37,38)/t19-,29?,30?/m1/s1. The Morgan fingerprint density at radius 2 is 1.72 bits per heavy atom. The molecule has 39 heavy (non-hydrogen) atoms. The zero-order chi connectivity index (χ0) is 27.5. The lowest BCUT2D eigenvalue weighted by Gasteiger charge is -2.51. The van der Waals surface area contributed by atoms with Gasteiger partial charge in [0.1, 0.15) is 5.65 Å². The molecule has 0 spiro atoms. The maximum atomic E-state index is 13.8. The molecule has 0 aliphatic heterocycles. The highest BCUT2D eigenvalue weighted by atomic mass is 16.5. The fourth-order valence-corrected chi connectivity index (χ4v) is 6.81. The smallest absolute Gasteiger partial charge is 0.337 e. The highest BCUT2D eigenvalue weighted by molar-refractivity contribution is 5.94. The van der Waals surface area contributed by atoms with Crippen molar-refractivity contribution in [1.82, 2.24) is 19.5 Å². The third-order valence-electron chi connectivity index (χ3n) is 9.04. The molecule has 9 nitrogen and oxygen atoms in total. The van der Waals surface area contributed by atoms with Gasteiger partial charge in [-0.2, -0.15) is 4.98 Å². The number of hydrogen-bond acceptors (Lipinski definition) is 7. The minimum atomic E-state index is -0.993. The van der Waals surface area contributed by atoms with E-state index in [1.807, 2.05) is 40.0 Å². The monoisotopic (exact) mass is 527 g/mol. The number of carbonyl (C=O) groups is 1. The number of hydrogen-bond donors (Lipinski definition) is 2. The predicted molar refractivity (Wildman–Crippen MR) is 146 cm³/mol. The van der Waals surface area contributed by atoms with E-state index in [-0.39, 0.29) is 28.0 Å². The number of carboxylic acids is 1. The van der Waals surface area contributed by atoms with Crippen LogP contribution in [0.25, 0.3) is 5.65 Å². The van der Waals surface area contributed by atoms with Gasteiger partial charge in [-0.05, 0) is 90.0 Å². The van der Waals surface area contributed by atoms with Crippen molar-refractivity contribution in [3.63, 3.8) is 0 Å². The van der Waals surface area contributed by atoms with Crippen LogP contribution in [0, 0.1) is 20.8 Å². The summed E-state index contributed by atoms with van der Waals surface area (Å²) < 4.78 is 7.26. The van der Waals surface area contributed by atoms with Crippen molar-refractivity contribution in [2.75, 3.05) is 5.32 Å². The van der Waals surface area contributed by atoms with Crippen LogP contribution in [0.5, 0.6) is 0 Å². The van der Waals surface area contributed by atoms with Crippen molar-refractivity contribution in [3.05, 3.63) is 86.5 Å². The molecule has 3 heterocycles. The van der Waals surface area contributed by atoms with Gasteiger partial charge in [-0.1, -0.05) is 17.3 Å². The van der Waals surface area contributed by atoms with E-state index < -0.39 is 5.97 Å². The van der Waals surface area contributed by atoms with Gasteiger partial charge in [0.05, 0.1) is 17.3 Å². The Hall–Kier alpha value is -4.01. The Balaban J connectivity index is 1.41. The van der Waals surface area contributed by atoms with Gasteiger partial charge in [-0.3, -0.25) is 9.20 Å². The fraction of sp³-hybridized carbons (Fsp3) is 0.433. The predicted octanol–water partition coefficient (Wildman–Crippen LogP) is 5.42. The van der Waals surface area contributed by atoms with Crippen molar-refractivity contribution in [2.45, 2.75) is 83.1 Å². The maximum absolute atomic E-state index is 13.8. The van der Waals surface area contributed by atoms with E-state index in [1.54, 1.807) is 28.7 Å². The summed E-state index contributed by atoms with van der Waals surface area (Å²) in [7, 11) is 0. The Kier molecular flexibility index (Phi) is 5.86. The number of pyridine rings is 1. The number of aromatic carboxylic acids is 1. The van der Waals surface area contributed by atoms with E-state index in [9.17, 15) is 14.7 Å². The molecule has 7 rings (SSSR count). The largest absolute Gasteiger partial charge is 0.478 e. The molecule has 0 unspecified atom stereocenters. The summed E-state index contributed by atoms with van der Waals surface area (Å²) >= 11 is 0. The van der Waals surface area contributed by atoms with Crippen LogP contribution in [0.15, 0.2) is 45.8 Å². The van der Waals surface area contributed by atoms with Crippen LogP contribution >= 0.6 is 0 Å². The molecule has 4 aromatic rings. The van der Waals surface area contributed by atoms with E-state index in [4.69, 9.17) is 9.51 Å². The molecule has 3 aliphatic carbocycles. The number of fused-ring (bicyclic) bond motifs is 4. The molecular weight excluding hydrogens is 494 g/mol. The third kappa shape index (κ3) is 4.02. The second kappa shape index (κ2) is 9.03. The van der Waals surface area contributed by atoms with Crippen LogP contribution in [0.4, 0.5) is 5.69 Å². The molecule has 3 aromatic heterocycles. The first-order chi connectivity index (χ1) is 18.6. The van der Waals surface area contributed by atoms with Gasteiger partial charge in [0.15, 0.2) is 5.82 Å². The molecule has 2 bridgehead atoms. The third-order valence-corrected chi connectivity index (χ3v) is 9.04. The molecule has 9 heteroatoms. The molecule has 2 N–H and O–H groups in total. The summed E-state index contributed by atoms with van der Waals surface area (Å²) in [5.41, 5.74) is 4.42. The molecule has 0 radical (unpaired) electrons. The minimum Gasteiger partial charge on any atom is -0.478 e. The van der Waals surface area contributed by atoms with Gasteiger partial charge in [0, 0.05) is 33.8 Å². The number of nitrogens with zero attached hydrogens (tertiary/aromatic N) is 4. The SMILES string of the molecule is Cc1cc([C@@H](C)Nc2ccccc2C(=O)O)c2nc(C34CCC(c5nc(C)no5)(CC3)CC4)c(C)c(=O)n2c1. The quantitative estimate of drug-likeness (QED) is 0.341. The van der Waals surface area contributed by atoms with Crippen LogP contribution in [0.3, 0.4) is 0 Å². The molecular formula is C30H33N5O4. The Labute approximate surface area is 226 Å². The number of anilines is 1. The summed E-state index contributed by atoms with van der Waals surface area (Å²) in [5, 5.41) is 17.0.